The van der Waals surface area contributed by atoms with Gasteiger partial charge in [0.25, 0.3) is 0 Å². The number of nitrogens with one attached hydrogen (secondary N) is 1. The SMILES string of the molecule is Cc1ccc(CN(Cc2ccc(F)cc2)C(=O)CN(C(=O)Nc2c(C(C)C)cccc2C(C)C)C(C)C)o1. The van der Waals surface area contributed by atoms with Crippen LogP contribution in [0.25, 0.3) is 0 Å². The van der Waals surface area contributed by atoms with Crippen LogP contribution in [0.5, 0.6) is 0 Å². The Kier molecular flexibility index (Phi) is 9.72. The van der Waals surface area contributed by atoms with Gasteiger partial charge < -0.3 is 19.5 Å². The van der Waals surface area contributed by atoms with Gasteiger partial charge in [-0.2, -0.15) is 0 Å². The fraction of sp³-hybridized carbons (Fsp3) is 0.419. The van der Waals surface area contributed by atoms with Crippen LogP contribution in [0.15, 0.2) is 59.0 Å². The average Bonchev–Trinajstić information content (AvgIpc) is 3.27. The molecule has 204 valence electrons. The van der Waals surface area contributed by atoms with Crippen molar-refractivity contribution in [1.82, 2.24) is 9.80 Å². The van der Waals surface area contributed by atoms with Crippen molar-refractivity contribution in [3.05, 3.63) is 88.6 Å². The monoisotopic (exact) mass is 521 g/mol. The van der Waals surface area contributed by atoms with Gasteiger partial charge in [-0.1, -0.05) is 58.0 Å². The van der Waals surface area contributed by atoms with E-state index in [4.69, 9.17) is 4.42 Å². The highest BCUT2D eigenvalue weighted by molar-refractivity contribution is 5.94. The first kappa shape index (κ1) is 29.0. The van der Waals surface area contributed by atoms with Crippen LogP contribution in [0.3, 0.4) is 0 Å². The molecule has 0 aliphatic carbocycles. The van der Waals surface area contributed by atoms with Crippen molar-refractivity contribution in [2.75, 3.05) is 11.9 Å². The van der Waals surface area contributed by atoms with Crippen LogP contribution in [0.4, 0.5) is 14.9 Å². The minimum Gasteiger partial charge on any atom is -0.464 e. The Morgan fingerprint density at radius 3 is 1.97 bits per heavy atom. The minimum atomic E-state index is -0.335. The van der Waals surface area contributed by atoms with Gasteiger partial charge in [0.15, 0.2) is 0 Å². The molecule has 1 aromatic heterocycles. The molecule has 0 aliphatic heterocycles. The number of urea groups is 1. The Morgan fingerprint density at radius 2 is 1.47 bits per heavy atom. The Labute approximate surface area is 225 Å². The number of anilines is 1. The molecule has 0 saturated carbocycles. The molecule has 0 bridgehead atoms. The van der Waals surface area contributed by atoms with Gasteiger partial charge in [0, 0.05) is 18.3 Å². The van der Waals surface area contributed by atoms with Gasteiger partial charge in [-0.3, -0.25) is 4.79 Å². The summed E-state index contributed by atoms with van der Waals surface area (Å²) in [5.41, 5.74) is 3.72. The number of aryl methyl sites for hydroxylation is 1. The van der Waals surface area contributed by atoms with Crippen molar-refractivity contribution in [2.45, 2.75) is 79.4 Å². The highest BCUT2D eigenvalue weighted by Gasteiger charge is 2.26. The van der Waals surface area contributed by atoms with E-state index in [-0.39, 0.29) is 55.3 Å². The summed E-state index contributed by atoms with van der Waals surface area (Å²) in [6.45, 7) is 14.4. The number of carbonyl (C=O) groups excluding carboxylic acids is 2. The van der Waals surface area contributed by atoms with Gasteiger partial charge in [0.1, 0.15) is 23.9 Å². The van der Waals surface area contributed by atoms with Crippen molar-refractivity contribution in [1.29, 1.82) is 0 Å². The lowest BCUT2D eigenvalue weighted by molar-refractivity contribution is -0.133. The summed E-state index contributed by atoms with van der Waals surface area (Å²) >= 11 is 0. The molecular formula is C31H40FN3O3. The smallest absolute Gasteiger partial charge is 0.322 e. The van der Waals surface area contributed by atoms with E-state index in [1.165, 1.54) is 12.1 Å². The number of carbonyl (C=O) groups is 2. The number of halogens is 1. The van der Waals surface area contributed by atoms with E-state index in [1.807, 2.05) is 51.1 Å². The zero-order valence-corrected chi connectivity index (χ0v) is 23.5. The summed E-state index contributed by atoms with van der Waals surface area (Å²) < 4.78 is 19.2. The number of amides is 3. The lowest BCUT2D eigenvalue weighted by Crippen LogP contribution is -2.47. The van der Waals surface area contributed by atoms with Crippen LogP contribution in [-0.4, -0.2) is 34.3 Å². The highest BCUT2D eigenvalue weighted by atomic mass is 19.1. The summed E-state index contributed by atoms with van der Waals surface area (Å²) in [4.78, 5) is 30.4. The minimum absolute atomic E-state index is 0.106. The Morgan fingerprint density at radius 1 is 0.868 bits per heavy atom. The summed E-state index contributed by atoms with van der Waals surface area (Å²) in [5.74, 6) is 1.28. The normalized spacial score (nSPS) is 11.3. The zero-order valence-electron chi connectivity index (χ0n) is 23.5. The topological polar surface area (TPSA) is 65.8 Å². The maximum absolute atomic E-state index is 13.6. The second-order valence-electron chi connectivity index (χ2n) is 10.7. The van der Waals surface area contributed by atoms with Crippen LogP contribution in [0.1, 0.15) is 81.6 Å². The quantitative estimate of drug-likeness (QED) is 0.301. The standard InChI is InChI=1S/C31H40FN3O3/c1-20(2)27-9-8-10-28(21(3)4)30(27)33-31(37)35(22(5)6)19-29(36)34(18-26-16-11-23(7)38-26)17-24-12-14-25(32)15-13-24/h8-16,20-22H,17-19H2,1-7H3,(H,33,37). The third kappa shape index (κ3) is 7.46. The molecule has 0 radical (unpaired) electrons. The second kappa shape index (κ2) is 12.8. The Bertz CT molecular complexity index is 1210. The molecule has 0 fully saturated rings. The number of hydrogen-bond donors (Lipinski definition) is 1. The zero-order chi connectivity index (χ0) is 28.0. The molecule has 0 atom stereocenters. The van der Waals surface area contributed by atoms with E-state index in [9.17, 15) is 14.0 Å². The van der Waals surface area contributed by atoms with E-state index in [2.05, 4.69) is 33.0 Å². The summed E-state index contributed by atoms with van der Waals surface area (Å²) in [6.07, 6.45) is 0. The molecule has 3 rings (SSSR count). The molecule has 0 spiro atoms. The molecule has 2 aromatic carbocycles. The van der Waals surface area contributed by atoms with Crippen LogP contribution in [-0.2, 0) is 17.9 Å². The summed E-state index contributed by atoms with van der Waals surface area (Å²) in [6, 6.07) is 15.3. The van der Waals surface area contributed by atoms with Crippen molar-refractivity contribution in [3.63, 3.8) is 0 Å². The first-order valence-electron chi connectivity index (χ1n) is 13.2. The lowest BCUT2D eigenvalue weighted by atomic mass is 9.93. The average molecular weight is 522 g/mol. The van der Waals surface area contributed by atoms with E-state index < -0.39 is 0 Å². The number of nitrogens with zero attached hydrogens (tertiary/aromatic N) is 2. The van der Waals surface area contributed by atoms with Crippen molar-refractivity contribution >= 4 is 17.6 Å². The van der Waals surface area contributed by atoms with Crippen LogP contribution in [0.2, 0.25) is 0 Å². The van der Waals surface area contributed by atoms with E-state index >= 15 is 0 Å². The first-order chi connectivity index (χ1) is 18.0. The van der Waals surface area contributed by atoms with E-state index in [1.54, 1.807) is 21.9 Å². The molecular weight excluding hydrogens is 481 g/mol. The summed E-state index contributed by atoms with van der Waals surface area (Å²) in [5, 5.41) is 3.13. The number of furan rings is 1. The van der Waals surface area contributed by atoms with Gasteiger partial charge in [0.2, 0.25) is 5.91 Å². The molecule has 38 heavy (non-hydrogen) atoms. The maximum Gasteiger partial charge on any atom is 0.322 e. The third-order valence-corrected chi connectivity index (χ3v) is 6.58. The van der Waals surface area contributed by atoms with Gasteiger partial charge in [-0.15, -0.1) is 0 Å². The molecule has 1 heterocycles. The lowest BCUT2D eigenvalue weighted by Gasteiger charge is -2.31. The van der Waals surface area contributed by atoms with Crippen molar-refractivity contribution < 1.29 is 18.4 Å². The van der Waals surface area contributed by atoms with Crippen molar-refractivity contribution in [2.24, 2.45) is 0 Å². The number of hydrogen-bond acceptors (Lipinski definition) is 3. The predicted octanol–water partition coefficient (Wildman–Crippen LogP) is 7.45. The van der Waals surface area contributed by atoms with Gasteiger partial charge in [0.05, 0.1) is 6.54 Å². The summed E-state index contributed by atoms with van der Waals surface area (Å²) in [7, 11) is 0. The fourth-order valence-corrected chi connectivity index (χ4v) is 4.41. The van der Waals surface area contributed by atoms with Crippen molar-refractivity contribution in [3.8, 4) is 0 Å². The molecule has 3 aromatic rings. The molecule has 1 N–H and O–H groups in total. The predicted molar refractivity (Wildman–Crippen MR) is 150 cm³/mol. The van der Waals surface area contributed by atoms with Gasteiger partial charge in [-0.25, -0.2) is 9.18 Å². The largest absolute Gasteiger partial charge is 0.464 e. The number of para-hydroxylation sites is 1. The Hall–Kier alpha value is -3.61. The van der Waals surface area contributed by atoms with Crippen LogP contribution < -0.4 is 5.32 Å². The van der Waals surface area contributed by atoms with E-state index in [0.717, 1.165) is 28.1 Å². The van der Waals surface area contributed by atoms with Gasteiger partial charge >= 0.3 is 6.03 Å². The van der Waals surface area contributed by atoms with Crippen LogP contribution in [0, 0.1) is 12.7 Å². The molecule has 3 amide bonds. The first-order valence-corrected chi connectivity index (χ1v) is 13.2. The van der Waals surface area contributed by atoms with Gasteiger partial charge in [-0.05, 0) is 73.6 Å². The molecule has 6 nitrogen and oxygen atoms in total. The van der Waals surface area contributed by atoms with E-state index in [0.29, 0.717) is 5.76 Å². The molecule has 7 heteroatoms. The number of rotatable bonds is 10. The highest BCUT2D eigenvalue weighted by Crippen LogP contribution is 2.32. The maximum atomic E-state index is 13.6. The molecule has 0 aliphatic rings. The third-order valence-electron chi connectivity index (χ3n) is 6.58. The molecule has 0 unspecified atom stereocenters. The Balaban J connectivity index is 1.85. The second-order valence-corrected chi connectivity index (χ2v) is 10.7. The van der Waals surface area contributed by atoms with Crippen LogP contribution >= 0.6 is 0 Å². The fourth-order valence-electron chi connectivity index (χ4n) is 4.41. The number of benzene rings is 2. The molecule has 0 saturated heterocycles.